The minimum Gasteiger partial charge on any atom is -0.339 e. The van der Waals surface area contributed by atoms with Gasteiger partial charge in [-0.1, -0.05) is 23.4 Å². The number of nitrogens with zero attached hydrogens (tertiary/aromatic N) is 4. The summed E-state index contributed by atoms with van der Waals surface area (Å²) in [4.78, 5) is 32.5. The van der Waals surface area contributed by atoms with Gasteiger partial charge in [-0.3, -0.25) is 14.9 Å². The number of carbonyl (C=O) groups is 1. The van der Waals surface area contributed by atoms with Crippen molar-refractivity contribution < 1.29 is 14.2 Å². The Kier molecular flexibility index (Phi) is 5.63. The summed E-state index contributed by atoms with van der Waals surface area (Å²) in [5.74, 6) is 0.666. The van der Waals surface area contributed by atoms with E-state index in [0.29, 0.717) is 40.1 Å². The number of hydrogen-bond donors (Lipinski definition) is 1. The number of rotatable bonds is 7. The van der Waals surface area contributed by atoms with Crippen molar-refractivity contribution in [2.45, 2.75) is 19.8 Å². The average molecular weight is 441 g/mol. The monoisotopic (exact) mass is 441 g/mol. The second-order valence-electron chi connectivity index (χ2n) is 6.33. The first kappa shape index (κ1) is 19.9. The number of thiazole rings is 1. The van der Waals surface area contributed by atoms with Crippen LogP contribution in [-0.4, -0.2) is 26.0 Å². The second kappa shape index (κ2) is 8.51. The van der Waals surface area contributed by atoms with E-state index in [0.717, 1.165) is 4.88 Å². The van der Waals surface area contributed by atoms with Crippen LogP contribution in [0.3, 0.4) is 0 Å². The Morgan fingerprint density at radius 3 is 2.90 bits per heavy atom. The predicted molar refractivity (Wildman–Crippen MR) is 114 cm³/mol. The number of thiophene rings is 1. The zero-order valence-corrected chi connectivity index (χ0v) is 17.3. The summed E-state index contributed by atoms with van der Waals surface area (Å²) in [5.41, 5.74) is 1.80. The molecule has 152 valence electrons. The van der Waals surface area contributed by atoms with Crippen molar-refractivity contribution in [2.75, 3.05) is 5.32 Å². The van der Waals surface area contributed by atoms with Crippen molar-refractivity contribution in [2.24, 2.45) is 0 Å². The van der Waals surface area contributed by atoms with Crippen LogP contribution in [0.25, 0.3) is 22.0 Å². The summed E-state index contributed by atoms with van der Waals surface area (Å²) in [6.07, 6.45) is 0.476. The molecule has 3 aromatic heterocycles. The first-order valence-electron chi connectivity index (χ1n) is 8.87. The Hall–Kier alpha value is -3.44. The third-order valence-electron chi connectivity index (χ3n) is 4.23. The Labute approximate surface area is 178 Å². The first-order valence-corrected chi connectivity index (χ1v) is 10.6. The third kappa shape index (κ3) is 4.42. The molecule has 0 spiro atoms. The third-order valence-corrected chi connectivity index (χ3v) is 5.85. The van der Waals surface area contributed by atoms with Gasteiger partial charge in [0.1, 0.15) is 0 Å². The van der Waals surface area contributed by atoms with E-state index in [4.69, 9.17) is 4.52 Å². The number of hydrogen-bond acceptors (Lipinski definition) is 9. The van der Waals surface area contributed by atoms with Crippen LogP contribution < -0.4 is 5.32 Å². The topological polar surface area (TPSA) is 124 Å². The molecule has 30 heavy (non-hydrogen) atoms. The number of aryl methyl sites for hydroxylation is 2. The Morgan fingerprint density at radius 2 is 2.13 bits per heavy atom. The fraction of sp³-hybridized carbons (Fsp3) is 0.158. The Balaban J connectivity index is 1.36. The lowest BCUT2D eigenvalue weighted by atomic mass is 10.1. The van der Waals surface area contributed by atoms with Gasteiger partial charge in [-0.05, 0) is 18.4 Å². The van der Waals surface area contributed by atoms with E-state index in [-0.39, 0.29) is 18.0 Å². The summed E-state index contributed by atoms with van der Waals surface area (Å²) in [6.45, 7) is 1.68. The SMILES string of the molecule is Cc1ccc(-c2csc(NC(=O)CCc3nc(-c4cccs4)no3)n2)cc1[N+](=O)[O-]. The van der Waals surface area contributed by atoms with Crippen molar-refractivity contribution in [3.8, 4) is 22.0 Å². The van der Waals surface area contributed by atoms with E-state index in [1.54, 1.807) is 24.4 Å². The highest BCUT2D eigenvalue weighted by Gasteiger charge is 2.15. The maximum absolute atomic E-state index is 12.2. The van der Waals surface area contributed by atoms with Crippen LogP contribution in [0.1, 0.15) is 17.9 Å². The summed E-state index contributed by atoms with van der Waals surface area (Å²) < 4.78 is 5.19. The van der Waals surface area contributed by atoms with Crippen molar-refractivity contribution >= 4 is 39.4 Å². The first-order chi connectivity index (χ1) is 14.5. The molecule has 0 aliphatic rings. The molecule has 0 unspecified atom stereocenters. The summed E-state index contributed by atoms with van der Waals surface area (Å²) in [7, 11) is 0. The van der Waals surface area contributed by atoms with Crippen LogP contribution in [-0.2, 0) is 11.2 Å². The zero-order chi connectivity index (χ0) is 21.1. The number of nitrogens with one attached hydrogen (secondary N) is 1. The molecule has 0 fully saturated rings. The molecule has 0 aliphatic heterocycles. The van der Waals surface area contributed by atoms with Crippen LogP contribution in [0.4, 0.5) is 10.8 Å². The summed E-state index contributed by atoms with van der Waals surface area (Å²) in [5, 5.41) is 21.9. The van der Waals surface area contributed by atoms with Gasteiger partial charge < -0.3 is 9.84 Å². The van der Waals surface area contributed by atoms with Crippen LogP contribution >= 0.6 is 22.7 Å². The van der Waals surface area contributed by atoms with Gasteiger partial charge >= 0.3 is 0 Å². The number of nitro benzene ring substituents is 1. The molecular weight excluding hydrogens is 426 g/mol. The lowest BCUT2D eigenvalue weighted by Crippen LogP contribution is -2.12. The molecule has 0 radical (unpaired) electrons. The van der Waals surface area contributed by atoms with E-state index < -0.39 is 4.92 Å². The largest absolute Gasteiger partial charge is 0.339 e. The van der Waals surface area contributed by atoms with Crippen molar-refractivity contribution in [3.05, 3.63) is 62.7 Å². The number of benzene rings is 1. The van der Waals surface area contributed by atoms with Gasteiger partial charge in [0.2, 0.25) is 17.6 Å². The normalized spacial score (nSPS) is 10.8. The number of nitro groups is 1. The van der Waals surface area contributed by atoms with Gasteiger partial charge in [0.15, 0.2) is 5.13 Å². The van der Waals surface area contributed by atoms with E-state index >= 15 is 0 Å². The van der Waals surface area contributed by atoms with Gasteiger partial charge in [0.05, 0.1) is 15.5 Å². The number of anilines is 1. The molecule has 11 heteroatoms. The van der Waals surface area contributed by atoms with Crippen LogP contribution in [0.2, 0.25) is 0 Å². The fourth-order valence-electron chi connectivity index (χ4n) is 2.69. The summed E-state index contributed by atoms with van der Waals surface area (Å²) >= 11 is 2.76. The molecule has 0 saturated carbocycles. The molecule has 1 amide bonds. The molecule has 0 atom stereocenters. The molecular formula is C19H15N5O4S2. The minimum atomic E-state index is -0.421. The highest BCUT2D eigenvalue weighted by Crippen LogP contribution is 2.29. The fourth-order valence-corrected chi connectivity index (χ4v) is 4.08. The van der Waals surface area contributed by atoms with Crippen LogP contribution in [0, 0.1) is 17.0 Å². The lowest BCUT2D eigenvalue weighted by molar-refractivity contribution is -0.385. The lowest BCUT2D eigenvalue weighted by Gasteiger charge is -2.01. The van der Waals surface area contributed by atoms with Crippen LogP contribution in [0.15, 0.2) is 45.6 Å². The summed E-state index contributed by atoms with van der Waals surface area (Å²) in [6, 6.07) is 8.73. The Morgan fingerprint density at radius 1 is 1.27 bits per heavy atom. The van der Waals surface area contributed by atoms with E-state index in [2.05, 4.69) is 20.4 Å². The highest BCUT2D eigenvalue weighted by molar-refractivity contribution is 7.14. The van der Waals surface area contributed by atoms with Gasteiger partial charge in [-0.2, -0.15) is 4.98 Å². The zero-order valence-electron chi connectivity index (χ0n) is 15.7. The maximum atomic E-state index is 12.2. The quantitative estimate of drug-likeness (QED) is 0.325. The second-order valence-corrected chi connectivity index (χ2v) is 8.14. The maximum Gasteiger partial charge on any atom is 0.272 e. The standard InChI is InChI=1S/C19H15N5O4S2/c1-11-4-5-12(9-14(11)24(26)27)13-10-30-19(20-13)21-16(25)6-7-17-22-18(23-28-17)15-3-2-8-29-15/h2-5,8-10H,6-7H2,1H3,(H,20,21,25). The van der Waals surface area contributed by atoms with Crippen molar-refractivity contribution in [1.29, 1.82) is 0 Å². The molecule has 1 N–H and O–H groups in total. The van der Waals surface area contributed by atoms with Gasteiger partial charge in [-0.25, -0.2) is 4.98 Å². The molecule has 3 heterocycles. The van der Waals surface area contributed by atoms with Crippen molar-refractivity contribution in [3.63, 3.8) is 0 Å². The van der Waals surface area contributed by atoms with Crippen LogP contribution in [0.5, 0.6) is 0 Å². The smallest absolute Gasteiger partial charge is 0.272 e. The Bertz CT molecular complexity index is 1200. The number of amides is 1. The van der Waals surface area contributed by atoms with Gasteiger partial charge in [0, 0.05) is 35.4 Å². The number of aromatic nitrogens is 3. The minimum absolute atomic E-state index is 0.0348. The van der Waals surface area contributed by atoms with Gasteiger partial charge in [0.25, 0.3) is 5.69 Å². The van der Waals surface area contributed by atoms with E-state index in [1.165, 1.54) is 28.7 Å². The molecule has 0 saturated heterocycles. The molecule has 9 nitrogen and oxygen atoms in total. The van der Waals surface area contributed by atoms with E-state index in [9.17, 15) is 14.9 Å². The molecule has 1 aromatic carbocycles. The highest BCUT2D eigenvalue weighted by atomic mass is 32.1. The molecule has 4 aromatic rings. The van der Waals surface area contributed by atoms with E-state index in [1.807, 2.05) is 17.5 Å². The van der Waals surface area contributed by atoms with Crippen molar-refractivity contribution in [1.82, 2.24) is 15.1 Å². The average Bonchev–Trinajstić information content (AvgIpc) is 3.48. The molecule has 0 aliphatic carbocycles. The van der Waals surface area contributed by atoms with Gasteiger partial charge in [-0.15, -0.1) is 22.7 Å². The predicted octanol–water partition coefficient (Wildman–Crippen LogP) is 4.71. The number of carbonyl (C=O) groups excluding carboxylic acids is 1. The molecule has 0 bridgehead atoms. The molecule has 4 rings (SSSR count).